The minimum absolute atomic E-state index is 0.0446. The summed E-state index contributed by atoms with van der Waals surface area (Å²) < 4.78 is 5.61. The van der Waals surface area contributed by atoms with Crippen LogP contribution in [0, 0.1) is 0 Å². The summed E-state index contributed by atoms with van der Waals surface area (Å²) in [6, 6.07) is 0. The molecule has 0 bridgehead atoms. The molecule has 0 saturated heterocycles. The minimum atomic E-state index is -1.46. The summed E-state index contributed by atoms with van der Waals surface area (Å²) in [5.41, 5.74) is 0. The zero-order valence-electron chi connectivity index (χ0n) is 7.55. The first-order valence-corrected chi connectivity index (χ1v) is 7.08. The molecule has 0 aliphatic carbocycles. The molecule has 0 heterocycles. The maximum Gasteiger partial charge on any atom is 0.235 e. The summed E-state index contributed by atoms with van der Waals surface area (Å²) in [5.74, 6) is 0. The van der Waals surface area contributed by atoms with Gasteiger partial charge in [0.1, 0.15) is 0 Å². The van der Waals surface area contributed by atoms with Crippen LogP contribution in [0.3, 0.4) is 0 Å². The van der Waals surface area contributed by atoms with E-state index in [2.05, 4.69) is 24.6 Å². The predicted octanol–water partition coefficient (Wildman–Crippen LogP) is 1.56. The number of hydrogen-bond donors (Lipinski definition) is 0. The molecule has 1 atom stereocenters. The second-order valence-corrected chi connectivity index (χ2v) is 7.93. The third kappa shape index (κ3) is 7.45. The molecule has 0 N–H and O–H groups in total. The quantitative estimate of drug-likeness (QED) is 0.367. The van der Waals surface area contributed by atoms with E-state index in [1.54, 1.807) is 0 Å². The lowest BCUT2D eigenvalue weighted by Crippen LogP contribution is -2.31. The van der Waals surface area contributed by atoms with E-state index in [0.717, 1.165) is 0 Å². The van der Waals surface area contributed by atoms with Crippen molar-refractivity contribution in [2.24, 2.45) is 4.99 Å². The maximum atomic E-state index is 9.74. The van der Waals surface area contributed by atoms with Gasteiger partial charge in [-0.15, -0.1) is 0 Å². The Kier molecular flexibility index (Phi) is 4.26. The Labute approximate surface area is 68.6 Å². The molecule has 0 aliphatic heterocycles. The molecule has 11 heavy (non-hydrogen) atoms. The summed E-state index contributed by atoms with van der Waals surface area (Å²) in [5, 5.41) is 0. The number of nitrogens with zero attached hydrogens (tertiary/aromatic N) is 1. The number of hydrogen-bond acceptors (Lipinski definition) is 3. The van der Waals surface area contributed by atoms with Gasteiger partial charge in [0, 0.05) is 0 Å². The topological polar surface area (TPSA) is 38.7 Å². The lowest BCUT2D eigenvalue weighted by atomic mass is 10.4. The molecule has 0 rings (SSSR count). The second-order valence-electron chi connectivity index (χ2n) is 3.47. The smallest absolute Gasteiger partial charge is 0.235 e. The van der Waals surface area contributed by atoms with Crippen LogP contribution in [0.4, 0.5) is 0 Å². The molecule has 64 valence electrons. The highest BCUT2D eigenvalue weighted by molar-refractivity contribution is 6.69. The summed E-state index contributed by atoms with van der Waals surface area (Å²) in [6.07, 6.45) is 1.54. The zero-order chi connectivity index (χ0) is 8.91. The zero-order valence-corrected chi connectivity index (χ0v) is 8.55. The summed E-state index contributed by atoms with van der Waals surface area (Å²) >= 11 is 0. The van der Waals surface area contributed by atoms with Gasteiger partial charge in [-0.25, -0.2) is 9.79 Å². The van der Waals surface area contributed by atoms with Gasteiger partial charge in [-0.3, -0.25) is 0 Å². The fourth-order valence-electron chi connectivity index (χ4n) is 0.807. The molecule has 0 aromatic heterocycles. The standard InChI is InChI=1S/C7H15NO2Si/c1-7(5-8-6-9)10-11(2,3)4/h7H,5H2,1-4H3. The molecule has 0 spiro atoms. The van der Waals surface area contributed by atoms with Crippen molar-refractivity contribution in [2.45, 2.75) is 32.7 Å². The van der Waals surface area contributed by atoms with Gasteiger partial charge in [-0.1, -0.05) is 0 Å². The van der Waals surface area contributed by atoms with Crippen molar-refractivity contribution in [1.29, 1.82) is 0 Å². The molecule has 0 aliphatic rings. The maximum absolute atomic E-state index is 9.74. The third-order valence-electron chi connectivity index (χ3n) is 0.968. The molecular formula is C7H15NO2Si. The van der Waals surface area contributed by atoms with Crippen molar-refractivity contribution in [3.63, 3.8) is 0 Å². The first-order chi connectivity index (χ1) is 4.95. The van der Waals surface area contributed by atoms with E-state index >= 15 is 0 Å². The lowest BCUT2D eigenvalue weighted by Gasteiger charge is -2.21. The Bertz CT molecular complexity index is 158. The number of aliphatic imine (C=N–C) groups is 1. The normalized spacial score (nSPS) is 13.8. The fourth-order valence-corrected chi connectivity index (χ4v) is 2.09. The minimum Gasteiger partial charge on any atom is -0.413 e. The Morgan fingerprint density at radius 2 is 2.09 bits per heavy atom. The molecule has 0 saturated carbocycles. The highest BCUT2D eigenvalue weighted by Gasteiger charge is 2.17. The molecule has 0 fully saturated rings. The fraction of sp³-hybridized carbons (Fsp3) is 0.857. The first kappa shape index (κ1) is 10.6. The summed E-state index contributed by atoms with van der Waals surface area (Å²) in [4.78, 5) is 13.2. The van der Waals surface area contributed by atoms with Crippen molar-refractivity contribution in [3.05, 3.63) is 0 Å². The highest BCUT2D eigenvalue weighted by atomic mass is 28.4. The van der Waals surface area contributed by atoms with Gasteiger partial charge in [-0.05, 0) is 26.6 Å². The molecular weight excluding hydrogens is 158 g/mol. The van der Waals surface area contributed by atoms with Gasteiger partial charge in [0.25, 0.3) is 0 Å². The van der Waals surface area contributed by atoms with Crippen LogP contribution >= 0.6 is 0 Å². The molecule has 0 aromatic rings. The monoisotopic (exact) mass is 173 g/mol. The second kappa shape index (κ2) is 4.44. The summed E-state index contributed by atoms with van der Waals surface area (Å²) in [6.45, 7) is 8.66. The highest BCUT2D eigenvalue weighted by Crippen LogP contribution is 2.06. The third-order valence-corrected chi connectivity index (χ3v) is 2.08. The van der Waals surface area contributed by atoms with Crippen LogP contribution in [0.1, 0.15) is 6.92 Å². The molecule has 3 nitrogen and oxygen atoms in total. The van der Waals surface area contributed by atoms with Crippen LogP contribution in [0.5, 0.6) is 0 Å². The Morgan fingerprint density at radius 1 is 1.55 bits per heavy atom. The SMILES string of the molecule is CC(CN=C=O)O[Si](C)(C)C. The Morgan fingerprint density at radius 3 is 2.45 bits per heavy atom. The largest absolute Gasteiger partial charge is 0.413 e. The molecule has 1 unspecified atom stereocenters. The van der Waals surface area contributed by atoms with E-state index in [1.165, 1.54) is 6.08 Å². The first-order valence-electron chi connectivity index (χ1n) is 3.67. The number of rotatable bonds is 4. The van der Waals surface area contributed by atoms with Gasteiger partial charge < -0.3 is 4.43 Å². The van der Waals surface area contributed by atoms with Gasteiger partial charge in [0.05, 0.1) is 12.6 Å². The molecule has 4 heteroatoms. The van der Waals surface area contributed by atoms with Crippen LogP contribution < -0.4 is 0 Å². The van der Waals surface area contributed by atoms with Gasteiger partial charge in [0.15, 0.2) is 8.32 Å². The van der Waals surface area contributed by atoms with E-state index in [-0.39, 0.29) is 6.10 Å². The van der Waals surface area contributed by atoms with Gasteiger partial charge in [-0.2, -0.15) is 0 Å². The van der Waals surface area contributed by atoms with E-state index in [1.807, 2.05) is 6.92 Å². The molecule has 0 radical (unpaired) electrons. The van der Waals surface area contributed by atoms with E-state index in [4.69, 9.17) is 4.43 Å². The van der Waals surface area contributed by atoms with Crippen LogP contribution in [0.2, 0.25) is 19.6 Å². The van der Waals surface area contributed by atoms with E-state index in [0.29, 0.717) is 6.54 Å². The average molecular weight is 173 g/mol. The number of carbonyl (C=O) groups excluding carboxylic acids is 1. The van der Waals surface area contributed by atoms with Crippen molar-refractivity contribution in [1.82, 2.24) is 0 Å². The van der Waals surface area contributed by atoms with Crippen molar-refractivity contribution >= 4 is 14.4 Å². The predicted molar refractivity (Wildman–Crippen MR) is 46.9 cm³/mol. The van der Waals surface area contributed by atoms with Gasteiger partial charge >= 0.3 is 0 Å². The molecule has 0 amide bonds. The van der Waals surface area contributed by atoms with Gasteiger partial charge in [0.2, 0.25) is 6.08 Å². The van der Waals surface area contributed by atoms with Crippen LogP contribution in [0.15, 0.2) is 4.99 Å². The lowest BCUT2D eigenvalue weighted by molar-refractivity contribution is 0.223. The van der Waals surface area contributed by atoms with Crippen LogP contribution in [-0.4, -0.2) is 27.0 Å². The molecule has 0 aromatic carbocycles. The van der Waals surface area contributed by atoms with Crippen molar-refractivity contribution in [2.75, 3.05) is 6.54 Å². The van der Waals surface area contributed by atoms with E-state index < -0.39 is 8.32 Å². The van der Waals surface area contributed by atoms with E-state index in [9.17, 15) is 4.79 Å². The number of isocyanates is 1. The summed E-state index contributed by atoms with van der Waals surface area (Å²) in [7, 11) is -1.46. The Balaban J connectivity index is 3.69. The van der Waals surface area contributed by atoms with Crippen molar-refractivity contribution < 1.29 is 9.22 Å². The van der Waals surface area contributed by atoms with Crippen LogP contribution in [-0.2, 0) is 9.22 Å². The van der Waals surface area contributed by atoms with Crippen molar-refractivity contribution in [3.8, 4) is 0 Å². The Hall–Kier alpha value is -0.443. The van der Waals surface area contributed by atoms with Crippen LogP contribution in [0.25, 0.3) is 0 Å². The average Bonchev–Trinajstić information content (AvgIpc) is 1.79.